The summed E-state index contributed by atoms with van der Waals surface area (Å²) < 4.78 is 12.0. The van der Waals surface area contributed by atoms with Crippen LogP contribution in [0.5, 0.6) is 0 Å². The molecule has 5 nitrogen and oxygen atoms in total. The number of hydrogen-bond donors (Lipinski definition) is 2. The van der Waals surface area contributed by atoms with Gasteiger partial charge in [-0.25, -0.2) is 0 Å². The molecule has 0 saturated carbocycles. The van der Waals surface area contributed by atoms with Crippen LogP contribution < -0.4 is 5.32 Å². The van der Waals surface area contributed by atoms with Gasteiger partial charge in [-0.05, 0) is 51.4 Å². The first kappa shape index (κ1) is 21.4. The second-order valence-corrected chi connectivity index (χ2v) is 8.54. The van der Waals surface area contributed by atoms with E-state index in [1.807, 2.05) is 30.3 Å². The van der Waals surface area contributed by atoms with Gasteiger partial charge in [-0.15, -0.1) is 0 Å². The van der Waals surface area contributed by atoms with E-state index >= 15 is 0 Å². The van der Waals surface area contributed by atoms with Gasteiger partial charge in [0.05, 0.1) is 13.2 Å². The van der Waals surface area contributed by atoms with Gasteiger partial charge in [0.1, 0.15) is 0 Å². The van der Waals surface area contributed by atoms with Gasteiger partial charge in [-0.2, -0.15) is 0 Å². The number of fused-ring (bicyclic) bond motifs is 3. The van der Waals surface area contributed by atoms with Crippen LogP contribution in [0, 0.1) is 0 Å². The molecule has 0 radical (unpaired) electrons. The number of ether oxygens (including phenoxy) is 2. The van der Waals surface area contributed by atoms with Crippen LogP contribution in [0.4, 0.5) is 0 Å². The topological polar surface area (TPSA) is 67.8 Å². The number of hydrogen-bond acceptors (Lipinski definition) is 4. The first-order chi connectivity index (χ1) is 16.1. The third-order valence-electron chi connectivity index (χ3n) is 6.40. The second-order valence-electron chi connectivity index (χ2n) is 8.54. The maximum atomic E-state index is 12.4. The van der Waals surface area contributed by atoms with Gasteiger partial charge in [-0.3, -0.25) is 4.79 Å². The van der Waals surface area contributed by atoms with Crippen LogP contribution in [0.2, 0.25) is 0 Å². The van der Waals surface area contributed by atoms with Crippen molar-refractivity contribution >= 4 is 5.91 Å². The molecule has 0 unspecified atom stereocenters. The van der Waals surface area contributed by atoms with Crippen molar-refractivity contribution in [1.29, 1.82) is 0 Å². The summed E-state index contributed by atoms with van der Waals surface area (Å²) in [6.45, 7) is 0.377. The van der Waals surface area contributed by atoms with Crippen LogP contribution >= 0.6 is 0 Å². The minimum atomic E-state index is -0.537. The standard InChI is InChI=1S/C28H27NO4/c1-29-28(31)26-14-23(15-27(33-26)32-17-19-8-6-18(16-30)7-9-19)20-10-11-22-12-21-4-2-3-5-24(21)25(22)13-20/h2-11,13-14,23,27,30H,12,15-17H2,1H3,(H,29,31)/t23-,27+/m1/s1. The second kappa shape index (κ2) is 9.22. The van der Waals surface area contributed by atoms with Crippen molar-refractivity contribution in [2.45, 2.75) is 38.3 Å². The SMILES string of the molecule is CNC(=O)C1=C[C@@H](c2ccc3c(c2)-c2ccccc2C3)C[C@@H](OCc2ccc(CO)cc2)O1. The maximum absolute atomic E-state index is 12.4. The van der Waals surface area contributed by atoms with Gasteiger partial charge in [0.25, 0.3) is 5.91 Å². The van der Waals surface area contributed by atoms with Crippen molar-refractivity contribution < 1.29 is 19.4 Å². The molecule has 3 aromatic carbocycles. The highest BCUT2D eigenvalue weighted by atomic mass is 16.7. The lowest BCUT2D eigenvalue weighted by atomic mass is 9.90. The van der Waals surface area contributed by atoms with Gasteiger partial charge in [-0.1, -0.05) is 66.7 Å². The summed E-state index contributed by atoms with van der Waals surface area (Å²) in [6, 6.07) is 22.7. The quantitative estimate of drug-likeness (QED) is 0.465. The Balaban J connectivity index is 1.38. The van der Waals surface area contributed by atoms with Crippen molar-refractivity contribution in [3.05, 3.63) is 106 Å². The monoisotopic (exact) mass is 441 g/mol. The van der Waals surface area contributed by atoms with Crippen LogP contribution in [-0.2, 0) is 33.9 Å². The third kappa shape index (κ3) is 4.42. The van der Waals surface area contributed by atoms with Crippen molar-refractivity contribution in [3.63, 3.8) is 0 Å². The Hall–Kier alpha value is -3.41. The van der Waals surface area contributed by atoms with Crippen LogP contribution in [-0.4, -0.2) is 24.4 Å². The van der Waals surface area contributed by atoms with Crippen LogP contribution in [0.1, 0.15) is 40.2 Å². The molecule has 0 fully saturated rings. The van der Waals surface area contributed by atoms with Gasteiger partial charge < -0.3 is 19.9 Å². The predicted octanol–water partition coefficient (Wildman–Crippen LogP) is 4.43. The van der Waals surface area contributed by atoms with E-state index in [9.17, 15) is 9.90 Å². The molecule has 0 bridgehead atoms. The summed E-state index contributed by atoms with van der Waals surface area (Å²) in [5.74, 6) is 0.0354. The number of aliphatic hydroxyl groups excluding tert-OH is 1. The Morgan fingerprint density at radius 2 is 1.79 bits per heavy atom. The highest BCUT2D eigenvalue weighted by molar-refractivity contribution is 5.91. The number of likely N-dealkylation sites (N-methyl/N-ethyl adjacent to an activating group) is 1. The molecule has 0 saturated heterocycles. The Morgan fingerprint density at radius 3 is 2.58 bits per heavy atom. The smallest absolute Gasteiger partial charge is 0.285 e. The normalized spacial score (nSPS) is 18.7. The Bertz CT molecular complexity index is 1200. The number of carbonyl (C=O) groups excluding carboxylic acids is 1. The van der Waals surface area contributed by atoms with E-state index in [1.165, 1.54) is 22.3 Å². The zero-order valence-electron chi connectivity index (χ0n) is 18.6. The summed E-state index contributed by atoms with van der Waals surface area (Å²) in [7, 11) is 1.60. The largest absolute Gasteiger partial charge is 0.459 e. The van der Waals surface area contributed by atoms with E-state index in [-0.39, 0.29) is 24.2 Å². The van der Waals surface area contributed by atoms with Crippen LogP contribution in [0.3, 0.4) is 0 Å². The van der Waals surface area contributed by atoms with E-state index in [0.29, 0.717) is 13.0 Å². The lowest BCUT2D eigenvalue weighted by molar-refractivity contribution is -0.150. The van der Waals surface area contributed by atoms with Crippen molar-refractivity contribution in [1.82, 2.24) is 5.32 Å². The lowest BCUT2D eigenvalue weighted by Crippen LogP contribution is -2.31. The van der Waals surface area contributed by atoms with E-state index < -0.39 is 6.29 Å². The number of carbonyl (C=O) groups is 1. The fourth-order valence-corrected chi connectivity index (χ4v) is 4.58. The number of benzene rings is 3. The Kier molecular flexibility index (Phi) is 5.99. The van der Waals surface area contributed by atoms with Gasteiger partial charge >= 0.3 is 0 Å². The lowest BCUT2D eigenvalue weighted by Gasteiger charge is -2.29. The van der Waals surface area contributed by atoms with E-state index in [0.717, 1.165) is 23.1 Å². The average molecular weight is 442 g/mol. The summed E-state index contributed by atoms with van der Waals surface area (Å²) in [4.78, 5) is 12.4. The summed E-state index contributed by atoms with van der Waals surface area (Å²) in [6.07, 6.45) is 2.94. The average Bonchev–Trinajstić information content (AvgIpc) is 3.25. The molecule has 5 rings (SSSR count). The molecular formula is C28H27NO4. The third-order valence-corrected chi connectivity index (χ3v) is 6.40. The van der Waals surface area contributed by atoms with E-state index in [4.69, 9.17) is 9.47 Å². The molecule has 1 heterocycles. The summed E-state index contributed by atoms with van der Waals surface area (Å²) in [5, 5.41) is 11.9. The first-order valence-electron chi connectivity index (χ1n) is 11.3. The van der Waals surface area contributed by atoms with Crippen molar-refractivity contribution in [2.75, 3.05) is 7.05 Å². The molecule has 2 atom stereocenters. The molecular weight excluding hydrogens is 414 g/mol. The zero-order valence-corrected chi connectivity index (χ0v) is 18.6. The van der Waals surface area contributed by atoms with Crippen molar-refractivity contribution in [2.24, 2.45) is 0 Å². The maximum Gasteiger partial charge on any atom is 0.285 e. The molecule has 1 amide bonds. The Labute approximate surface area is 193 Å². The predicted molar refractivity (Wildman–Crippen MR) is 126 cm³/mol. The fraction of sp³-hybridized carbons (Fsp3) is 0.250. The number of aliphatic hydroxyl groups is 1. The molecule has 0 aromatic heterocycles. The van der Waals surface area contributed by atoms with E-state index in [1.54, 1.807) is 7.05 Å². The molecule has 2 N–H and O–H groups in total. The molecule has 33 heavy (non-hydrogen) atoms. The zero-order chi connectivity index (χ0) is 22.8. The molecule has 0 spiro atoms. The van der Waals surface area contributed by atoms with Gasteiger partial charge in [0, 0.05) is 19.4 Å². The minimum absolute atomic E-state index is 0.00544. The van der Waals surface area contributed by atoms with Gasteiger partial charge in [0.15, 0.2) is 5.76 Å². The number of amides is 1. The molecule has 168 valence electrons. The minimum Gasteiger partial charge on any atom is -0.459 e. The fourth-order valence-electron chi connectivity index (χ4n) is 4.58. The summed E-state index contributed by atoms with van der Waals surface area (Å²) in [5.41, 5.74) is 8.24. The van der Waals surface area contributed by atoms with Crippen LogP contribution in [0.25, 0.3) is 11.1 Å². The van der Waals surface area contributed by atoms with Gasteiger partial charge in [0.2, 0.25) is 6.29 Å². The van der Waals surface area contributed by atoms with Crippen molar-refractivity contribution in [3.8, 4) is 11.1 Å². The molecule has 1 aliphatic heterocycles. The van der Waals surface area contributed by atoms with E-state index in [2.05, 4.69) is 47.8 Å². The highest BCUT2D eigenvalue weighted by Gasteiger charge is 2.29. The molecule has 2 aliphatic rings. The number of rotatable bonds is 6. The summed E-state index contributed by atoms with van der Waals surface area (Å²) >= 11 is 0. The molecule has 1 aliphatic carbocycles. The Morgan fingerprint density at radius 1 is 1.03 bits per heavy atom. The number of nitrogens with one attached hydrogen (secondary N) is 1. The highest BCUT2D eigenvalue weighted by Crippen LogP contribution is 2.40. The first-order valence-corrected chi connectivity index (χ1v) is 11.3. The number of allylic oxidation sites excluding steroid dienone is 1. The molecule has 5 heteroatoms. The van der Waals surface area contributed by atoms with Crippen LogP contribution in [0.15, 0.2) is 78.6 Å². The molecule has 3 aromatic rings.